The number of rotatable bonds is 4. The van der Waals surface area contributed by atoms with E-state index in [2.05, 4.69) is 4.98 Å². The number of pyridine rings is 1. The molecule has 1 aliphatic rings. The zero-order valence-electron chi connectivity index (χ0n) is 10.3. The van der Waals surface area contributed by atoms with Gasteiger partial charge in [0.05, 0.1) is 12.0 Å². The van der Waals surface area contributed by atoms with Gasteiger partial charge in [-0.1, -0.05) is 0 Å². The Labute approximate surface area is 115 Å². The Bertz CT molecular complexity index is 478. The topological polar surface area (TPSA) is 96.5 Å². The molecule has 1 aliphatic heterocycles. The summed E-state index contributed by atoms with van der Waals surface area (Å²) in [6.45, 7) is 0.755. The minimum Gasteiger partial charge on any atom is -0.481 e. The highest BCUT2D eigenvalue weighted by Crippen LogP contribution is 2.24. The highest BCUT2D eigenvalue weighted by Gasteiger charge is 2.26. The van der Waals surface area contributed by atoms with Crippen LogP contribution < -0.4 is 10.6 Å². The van der Waals surface area contributed by atoms with Crippen molar-refractivity contribution in [3.8, 4) is 0 Å². The van der Waals surface area contributed by atoms with Crippen molar-refractivity contribution in [2.24, 2.45) is 5.73 Å². The van der Waals surface area contributed by atoms with Crippen LogP contribution in [0.5, 0.6) is 0 Å². The fraction of sp³-hybridized carbons (Fsp3) is 0.417. The molecule has 0 saturated carbocycles. The number of hydrogen-bond acceptors (Lipinski definition) is 5. The number of thioether (sulfide) groups is 1. The Hall–Kier alpha value is -1.76. The van der Waals surface area contributed by atoms with E-state index in [9.17, 15) is 9.59 Å². The van der Waals surface area contributed by atoms with Gasteiger partial charge in [0.2, 0.25) is 5.91 Å². The molecule has 1 fully saturated rings. The molecule has 1 aromatic heterocycles. The molecule has 1 atom stereocenters. The quantitative estimate of drug-likeness (QED) is 0.838. The monoisotopic (exact) mass is 281 g/mol. The van der Waals surface area contributed by atoms with Crippen molar-refractivity contribution in [2.75, 3.05) is 23.0 Å². The van der Waals surface area contributed by atoms with Crippen molar-refractivity contribution in [3.05, 3.63) is 23.9 Å². The molecule has 3 N–H and O–H groups in total. The Morgan fingerprint density at radius 2 is 2.32 bits per heavy atom. The number of anilines is 1. The molecule has 0 aliphatic carbocycles. The van der Waals surface area contributed by atoms with E-state index in [4.69, 9.17) is 10.8 Å². The first-order valence-electron chi connectivity index (χ1n) is 5.90. The van der Waals surface area contributed by atoms with Gasteiger partial charge < -0.3 is 15.7 Å². The van der Waals surface area contributed by atoms with Crippen molar-refractivity contribution < 1.29 is 14.7 Å². The third-order valence-corrected chi connectivity index (χ3v) is 4.06. The van der Waals surface area contributed by atoms with Crippen LogP contribution >= 0.6 is 11.8 Å². The number of carbonyl (C=O) groups excluding carboxylic acids is 1. The lowest BCUT2D eigenvalue weighted by molar-refractivity contribution is -0.137. The van der Waals surface area contributed by atoms with E-state index in [1.165, 1.54) is 6.20 Å². The Morgan fingerprint density at radius 3 is 2.89 bits per heavy atom. The molecule has 102 valence electrons. The second-order valence-electron chi connectivity index (χ2n) is 4.29. The van der Waals surface area contributed by atoms with E-state index in [1.807, 2.05) is 4.90 Å². The smallest absolute Gasteiger partial charge is 0.305 e. The van der Waals surface area contributed by atoms with E-state index in [0.29, 0.717) is 11.4 Å². The summed E-state index contributed by atoms with van der Waals surface area (Å²) >= 11 is 1.74. The summed E-state index contributed by atoms with van der Waals surface area (Å²) < 4.78 is 0. The molecule has 1 amide bonds. The minimum absolute atomic E-state index is 0.0665. The van der Waals surface area contributed by atoms with Crippen LogP contribution in [0.4, 0.5) is 5.82 Å². The maximum absolute atomic E-state index is 11.0. The molecular formula is C12H15N3O3S. The summed E-state index contributed by atoms with van der Waals surface area (Å²) in [4.78, 5) is 28.0. The van der Waals surface area contributed by atoms with Gasteiger partial charge in [-0.2, -0.15) is 11.8 Å². The molecule has 2 rings (SSSR count). The number of nitrogens with zero attached hydrogens (tertiary/aromatic N) is 2. The zero-order valence-corrected chi connectivity index (χ0v) is 11.1. The fourth-order valence-corrected chi connectivity index (χ4v) is 3.09. The lowest BCUT2D eigenvalue weighted by Gasteiger charge is -2.35. The van der Waals surface area contributed by atoms with E-state index in [-0.39, 0.29) is 12.5 Å². The van der Waals surface area contributed by atoms with Crippen LogP contribution in [0.2, 0.25) is 0 Å². The first kappa shape index (κ1) is 13.7. The molecule has 0 aromatic carbocycles. The minimum atomic E-state index is -0.814. The van der Waals surface area contributed by atoms with E-state index in [0.717, 1.165) is 18.1 Å². The number of aliphatic carboxylic acids is 1. The van der Waals surface area contributed by atoms with E-state index >= 15 is 0 Å². The third-order valence-electron chi connectivity index (χ3n) is 2.96. The van der Waals surface area contributed by atoms with Crippen molar-refractivity contribution in [1.82, 2.24) is 4.98 Å². The lowest BCUT2D eigenvalue weighted by atomic mass is 10.2. The van der Waals surface area contributed by atoms with Gasteiger partial charge in [0.1, 0.15) is 5.82 Å². The van der Waals surface area contributed by atoms with Gasteiger partial charge in [-0.15, -0.1) is 0 Å². The van der Waals surface area contributed by atoms with Gasteiger partial charge in [-0.25, -0.2) is 4.98 Å². The Balaban J connectivity index is 2.17. The number of carboxylic acids is 1. The Morgan fingerprint density at radius 1 is 1.53 bits per heavy atom. The second kappa shape index (κ2) is 5.92. The maximum atomic E-state index is 11.0. The largest absolute Gasteiger partial charge is 0.481 e. The van der Waals surface area contributed by atoms with Crippen LogP contribution in [-0.4, -0.2) is 46.1 Å². The number of aromatic nitrogens is 1. The van der Waals surface area contributed by atoms with Crippen LogP contribution in [0.1, 0.15) is 16.8 Å². The van der Waals surface area contributed by atoms with Gasteiger partial charge in [-0.05, 0) is 12.1 Å². The van der Waals surface area contributed by atoms with Crippen molar-refractivity contribution in [3.63, 3.8) is 0 Å². The SMILES string of the molecule is NC(=O)c1ccc(N2CCSCC2CC(=O)O)nc1. The predicted molar refractivity (Wildman–Crippen MR) is 73.5 cm³/mol. The van der Waals surface area contributed by atoms with Crippen molar-refractivity contribution in [1.29, 1.82) is 0 Å². The summed E-state index contributed by atoms with van der Waals surface area (Å²) in [5.74, 6) is 1.07. The van der Waals surface area contributed by atoms with Crippen molar-refractivity contribution in [2.45, 2.75) is 12.5 Å². The molecule has 2 heterocycles. The molecule has 0 bridgehead atoms. The average molecular weight is 281 g/mol. The fourth-order valence-electron chi connectivity index (χ4n) is 2.03. The van der Waals surface area contributed by atoms with Crippen LogP contribution in [-0.2, 0) is 4.79 Å². The third kappa shape index (κ3) is 3.37. The standard InChI is InChI=1S/C12H15N3O3S/c13-12(18)8-1-2-10(14-6-8)15-3-4-19-7-9(15)5-11(16)17/h1-2,6,9H,3-5,7H2,(H2,13,18)(H,16,17). The highest BCUT2D eigenvalue weighted by atomic mass is 32.2. The summed E-state index contributed by atoms with van der Waals surface area (Å²) in [5.41, 5.74) is 5.51. The van der Waals surface area contributed by atoms with Gasteiger partial charge >= 0.3 is 5.97 Å². The molecular weight excluding hydrogens is 266 g/mol. The number of carboxylic acid groups (broad SMARTS) is 1. The molecule has 6 nitrogen and oxygen atoms in total. The zero-order chi connectivity index (χ0) is 13.8. The van der Waals surface area contributed by atoms with Gasteiger partial charge in [0.15, 0.2) is 0 Å². The van der Waals surface area contributed by atoms with Gasteiger partial charge in [0.25, 0.3) is 0 Å². The molecule has 1 aromatic rings. The van der Waals surface area contributed by atoms with Crippen LogP contribution in [0.25, 0.3) is 0 Å². The number of amides is 1. The number of hydrogen-bond donors (Lipinski definition) is 2. The first-order chi connectivity index (χ1) is 9.08. The van der Waals surface area contributed by atoms with Gasteiger partial charge in [-0.3, -0.25) is 9.59 Å². The maximum Gasteiger partial charge on any atom is 0.305 e. The molecule has 1 unspecified atom stereocenters. The molecule has 0 radical (unpaired) electrons. The van der Waals surface area contributed by atoms with E-state index in [1.54, 1.807) is 23.9 Å². The number of primary amides is 1. The normalized spacial score (nSPS) is 19.2. The lowest BCUT2D eigenvalue weighted by Crippen LogP contribution is -2.44. The number of nitrogens with two attached hydrogens (primary N) is 1. The molecule has 0 spiro atoms. The van der Waals surface area contributed by atoms with Crippen LogP contribution in [0, 0.1) is 0 Å². The average Bonchev–Trinajstić information content (AvgIpc) is 2.39. The second-order valence-corrected chi connectivity index (χ2v) is 5.44. The summed E-state index contributed by atoms with van der Waals surface area (Å²) in [6, 6.07) is 3.26. The summed E-state index contributed by atoms with van der Waals surface area (Å²) in [7, 11) is 0. The number of carbonyl (C=O) groups is 2. The summed E-state index contributed by atoms with van der Waals surface area (Å²) in [6.07, 6.45) is 1.52. The van der Waals surface area contributed by atoms with Crippen LogP contribution in [0.3, 0.4) is 0 Å². The highest BCUT2D eigenvalue weighted by molar-refractivity contribution is 7.99. The van der Waals surface area contributed by atoms with Gasteiger partial charge in [0, 0.05) is 30.3 Å². The van der Waals surface area contributed by atoms with E-state index < -0.39 is 11.9 Å². The molecule has 1 saturated heterocycles. The molecule has 7 heteroatoms. The van der Waals surface area contributed by atoms with Crippen LogP contribution in [0.15, 0.2) is 18.3 Å². The van der Waals surface area contributed by atoms with Crippen molar-refractivity contribution >= 4 is 29.5 Å². The summed E-state index contributed by atoms with van der Waals surface area (Å²) in [5, 5.41) is 8.93. The first-order valence-corrected chi connectivity index (χ1v) is 7.05. The Kier molecular flexibility index (Phi) is 4.26. The molecule has 19 heavy (non-hydrogen) atoms. The predicted octanol–water partition coefficient (Wildman–Crippen LogP) is 0.577.